The molecule has 0 saturated heterocycles. The Kier molecular flexibility index (Phi) is 6.19. The molecule has 0 aliphatic carbocycles. The molecule has 0 aliphatic heterocycles. The molecule has 1 amide bonds. The molecule has 23 heavy (non-hydrogen) atoms. The van der Waals surface area contributed by atoms with Crippen LogP contribution in [0.25, 0.3) is 5.69 Å². The van der Waals surface area contributed by atoms with Gasteiger partial charge in [-0.3, -0.25) is 4.79 Å². The van der Waals surface area contributed by atoms with Crippen molar-refractivity contribution in [2.75, 3.05) is 27.2 Å². The molecule has 124 valence electrons. The molecular formula is C17H24ClN4O+. The summed E-state index contributed by atoms with van der Waals surface area (Å²) in [4.78, 5) is 13.7. The highest BCUT2D eigenvalue weighted by Crippen LogP contribution is 2.19. The zero-order valence-electron chi connectivity index (χ0n) is 13.9. The molecule has 1 aromatic carbocycles. The monoisotopic (exact) mass is 335 g/mol. The smallest absolute Gasteiger partial charge is 0.254 e. The van der Waals surface area contributed by atoms with E-state index in [-0.39, 0.29) is 5.91 Å². The number of nitrogens with one attached hydrogen (secondary N) is 2. The normalized spacial score (nSPS) is 11.0. The van der Waals surface area contributed by atoms with Crippen molar-refractivity contribution < 1.29 is 9.69 Å². The van der Waals surface area contributed by atoms with E-state index < -0.39 is 0 Å². The lowest BCUT2D eigenvalue weighted by molar-refractivity contribution is -0.856. The molecule has 0 unspecified atom stereocenters. The fraction of sp³-hybridized carbons (Fsp3) is 0.412. The molecule has 0 atom stereocenters. The van der Waals surface area contributed by atoms with E-state index in [1.807, 2.05) is 28.9 Å². The summed E-state index contributed by atoms with van der Waals surface area (Å²) in [6.45, 7) is 3.63. The molecule has 2 aromatic rings. The number of halogens is 1. The van der Waals surface area contributed by atoms with Crippen LogP contribution in [0.1, 0.15) is 29.4 Å². The number of carbonyl (C=O) groups excluding carboxylic acids is 1. The Morgan fingerprint density at radius 2 is 2.00 bits per heavy atom. The van der Waals surface area contributed by atoms with Gasteiger partial charge >= 0.3 is 0 Å². The van der Waals surface area contributed by atoms with Gasteiger partial charge in [0.1, 0.15) is 0 Å². The third-order valence-corrected chi connectivity index (χ3v) is 3.83. The highest BCUT2D eigenvalue weighted by Gasteiger charge is 2.17. The maximum Gasteiger partial charge on any atom is 0.254 e. The van der Waals surface area contributed by atoms with E-state index in [9.17, 15) is 4.79 Å². The van der Waals surface area contributed by atoms with Crippen LogP contribution < -0.4 is 10.2 Å². The van der Waals surface area contributed by atoms with Crippen molar-refractivity contribution in [3.05, 3.63) is 46.7 Å². The first-order valence-corrected chi connectivity index (χ1v) is 8.30. The van der Waals surface area contributed by atoms with Crippen molar-refractivity contribution >= 4 is 17.5 Å². The molecule has 0 aliphatic rings. The van der Waals surface area contributed by atoms with Crippen LogP contribution in [-0.2, 0) is 6.42 Å². The van der Waals surface area contributed by atoms with Crippen LogP contribution in [-0.4, -0.2) is 42.9 Å². The number of benzene rings is 1. The van der Waals surface area contributed by atoms with Crippen molar-refractivity contribution in [2.24, 2.45) is 0 Å². The van der Waals surface area contributed by atoms with Gasteiger partial charge in [0.25, 0.3) is 5.91 Å². The van der Waals surface area contributed by atoms with Crippen molar-refractivity contribution in [3.63, 3.8) is 0 Å². The number of likely N-dealkylation sites (N-methyl/N-ethyl adjacent to an activating group) is 1. The third-order valence-electron chi connectivity index (χ3n) is 3.58. The van der Waals surface area contributed by atoms with E-state index in [4.69, 9.17) is 11.6 Å². The van der Waals surface area contributed by atoms with Crippen LogP contribution in [0.5, 0.6) is 0 Å². The van der Waals surface area contributed by atoms with Crippen LogP contribution in [0.15, 0.2) is 30.5 Å². The van der Waals surface area contributed by atoms with Crippen molar-refractivity contribution in [1.82, 2.24) is 15.1 Å². The van der Waals surface area contributed by atoms with Gasteiger partial charge in [-0.25, -0.2) is 4.68 Å². The first-order chi connectivity index (χ1) is 11.0. The maximum absolute atomic E-state index is 12.4. The summed E-state index contributed by atoms with van der Waals surface area (Å²) >= 11 is 5.94. The molecule has 2 N–H and O–H groups in total. The quantitative estimate of drug-likeness (QED) is 0.802. The fourth-order valence-electron chi connectivity index (χ4n) is 2.37. The lowest BCUT2D eigenvalue weighted by Gasteiger charge is -2.10. The average molecular weight is 336 g/mol. The molecule has 0 saturated carbocycles. The molecule has 1 heterocycles. The zero-order chi connectivity index (χ0) is 16.8. The Morgan fingerprint density at radius 3 is 2.61 bits per heavy atom. The number of aromatic nitrogens is 2. The number of rotatable bonds is 7. The number of amides is 1. The first-order valence-electron chi connectivity index (χ1n) is 7.93. The van der Waals surface area contributed by atoms with E-state index >= 15 is 0 Å². The van der Waals surface area contributed by atoms with Gasteiger partial charge in [-0.1, -0.05) is 24.9 Å². The van der Waals surface area contributed by atoms with Gasteiger partial charge in [0.05, 0.1) is 50.3 Å². The largest absolute Gasteiger partial charge is 0.346 e. The van der Waals surface area contributed by atoms with Crippen LogP contribution in [0.3, 0.4) is 0 Å². The van der Waals surface area contributed by atoms with Crippen molar-refractivity contribution in [2.45, 2.75) is 19.8 Å². The van der Waals surface area contributed by atoms with E-state index in [2.05, 4.69) is 31.4 Å². The average Bonchev–Trinajstić information content (AvgIpc) is 2.92. The fourth-order valence-corrected chi connectivity index (χ4v) is 2.49. The van der Waals surface area contributed by atoms with Gasteiger partial charge in [-0.05, 0) is 30.7 Å². The van der Waals surface area contributed by atoms with Crippen LogP contribution >= 0.6 is 11.6 Å². The predicted octanol–water partition coefficient (Wildman–Crippen LogP) is 1.35. The Balaban J connectivity index is 2.23. The Hall–Kier alpha value is -1.85. The van der Waals surface area contributed by atoms with Crippen LogP contribution in [0, 0.1) is 0 Å². The van der Waals surface area contributed by atoms with Crippen molar-refractivity contribution in [1.29, 1.82) is 0 Å². The molecular weight excluding hydrogens is 312 g/mol. The number of nitrogens with zero attached hydrogens (tertiary/aromatic N) is 2. The van der Waals surface area contributed by atoms with E-state index in [0.717, 1.165) is 30.8 Å². The van der Waals surface area contributed by atoms with Gasteiger partial charge in [-0.2, -0.15) is 5.10 Å². The summed E-state index contributed by atoms with van der Waals surface area (Å²) in [6.07, 6.45) is 3.39. The molecule has 0 fully saturated rings. The van der Waals surface area contributed by atoms with Gasteiger partial charge in [-0.15, -0.1) is 0 Å². The minimum atomic E-state index is -0.0603. The third kappa shape index (κ3) is 4.56. The summed E-state index contributed by atoms with van der Waals surface area (Å²) in [7, 11) is 4.13. The summed E-state index contributed by atoms with van der Waals surface area (Å²) in [5.74, 6) is -0.0603. The first kappa shape index (κ1) is 17.5. The molecule has 1 aromatic heterocycles. The Morgan fingerprint density at radius 1 is 1.30 bits per heavy atom. The summed E-state index contributed by atoms with van der Waals surface area (Å²) < 4.78 is 1.83. The van der Waals surface area contributed by atoms with Gasteiger partial charge < -0.3 is 10.2 Å². The summed E-state index contributed by atoms with van der Waals surface area (Å²) in [5, 5.41) is 8.06. The number of hydrogen-bond donors (Lipinski definition) is 2. The van der Waals surface area contributed by atoms with Crippen LogP contribution in [0.2, 0.25) is 5.02 Å². The van der Waals surface area contributed by atoms with Crippen LogP contribution in [0.4, 0.5) is 0 Å². The number of hydrogen-bond acceptors (Lipinski definition) is 2. The molecule has 5 nitrogen and oxygen atoms in total. The van der Waals surface area contributed by atoms with Gasteiger partial charge in [0.15, 0.2) is 0 Å². The zero-order valence-corrected chi connectivity index (χ0v) is 14.7. The highest BCUT2D eigenvalue weighted by molar-refractivity contribution is 6.30. The van der Waals surface area contributed by atoms with E-state index in [1.54, 1.807) is 6.20 Å². The van der Waals surface area contributed by atoms with E-state index in [0.29, 0.717) is 17.1 Å². The second-order valence-electron chi connectivity index (χ2n) is 5.86. The topological polar surface area (TPSA) is 51.4 Å². The second-order valence-corrected chi connectivity index (χ2v) is 6.29. The standard InChI is InChI=1S/C17H23ClN4O/c1-4-5-16-15(17(23)19-10-11-21(2)3)12-20-22(16)14-8-6-13(18)7-9-14/h6-9,12H,4-5,10-11H2,1-3H3,(H,19,23)/p+1. The second kappa shape index (κ2) is 8.13. The van der Waals surface area contributed by atoms with E-state index in [1.165, 1.54) is 4.90 Å². The molecule has 0 radical (unpaired) electrons. The SMILES string of the molecule is CCCc1c(C(=O)NCC[NH+](C)C)cnn1-c1ccc(Cl)cc1. The summed E-state index contributed by atoms with van der Waals surface area (Å²) in [6, 6.07) is 7.47. The number of carbonyl (C=O) groups is 1. The molecule has 6 heteroatoms. The van der Waals surface area contributed by atoms with Gasteiger partial charge in [0.2, 0.25) is 0 Å². The molecule has 0 spiro atoms. The minimum absolute atomic E-state index is 0.0603. The Bertz CT molecular complexity index is 649. The molecule has 2 rings (SSSR count). The Labute approximate surface area is 142 Å². The molecule has 0 bridgehead atoms. The lowest BCUT2D eigenvalue weighted by atomic mass is 10.1. The lowest BCUT2D eigenvalue weighted by Crippen LogP contribution is -3.06. The minimum Gasteiger partial charge on any atom is -0.346 e. The number of quaternary nitrogens is 1. The van der Waals surface area contributed by atoms with Gasteiger partial charge in [0, 0.05) is 5.02 Å². The maximum atomic E-state index is 12.4. The summed E-state index contributed by atoms with van der Waals surface area (Å²) in [5.41, 5.74) is 2.50. The predicted molar refractivity (Wildman–Crippen MR) is 92.6 cm³/mol. The highest BCUT2D eigenvalue weighted by atomic mass is 35.5. The van der Waals surface area contributed by atoms with Crippen molar-refractivity contribution in [3.8, 4) is 5.69 Å².